The summed E-state index contributed by atoms with van der Waals surface area (Å²) in [6, 6.07) is 10.3. The third-order valence-electron chi connectivity index (χ3n) is 3.60. The molecule has 0 saturated carbocycles. The van der Waals surface area contributed by atoms with Crippen molar-refractivity contribution in [3.05, 3.63) is 47.7 Å². The lowest BCUT2D eigenvalue weighted by atomic mass is 9.95. The summed E-state index contributed by atoms with van der Waals surface area (Å²) in [5, 5.41) is 0. The molecule has 0 unspecified atom stereocenters. The van der Waals surface area contributed by atoms with E-state index in [0.29, 0.717) is 6.42 Å². The predicted octanol–water partition coefficient (Wildman–Crippen LogP) is 3.24. The third-order valence-corrected chi connectivity index (χ3v) is 3.60. The van der Waals surface area contributed by atoms with E-state index < -0.39 is 0 Å². The predicted molar refractivity (Wildman–Crippen MR) is 97.8 cm³/mol. The molecule has 2 aromatic rings. The van der Waals surface area contributed by atoms with Crippen LogP contribution in [0.15, 0.2) is 36.5 Å². The first-order valence-electron chi connectivity index (χ1n) is 8.22. The SMILES string of the molecule is CC(C)(C)CN(Cc1ccc(CCC=O)cc1)c1ccnc(N)n1. The first kappa shape index (κ1) is 17.9. The largest absolute Gasteiger partial charge is 0.368 e. The van der Waals surface area contributed by atoms with Crippen molar-refractivity contribution >= 4 is 18.1 Å². The highest BCUT2D eigenvalue weighted by Gasteiger charge is 2.18. The molecule has 0 bridgehead atoms. The Hall–Kier alpha value is -2.43. The van der Waals surface area contributed by atoms with Gasteiger partial charge in [0.1, 0.15) is 12.1 Å². The van der Waals surface area contributed by atoms with Crippen LogP contribution >= 0.6 is 0 Å². The molecule has 0 aliphatic rings. The number of anilines is 2. The van der Waals surface area contributed by atoms with Gasteiger partial charge in [-0.15, -0.1) is 0 Å². The Kier molecular flexibility index (Phi) is 5.90. The van der Waals surface area contributed by atoms with Crippen molar-refractivity contribution in [1.29, 1.82) is 0 Å². The van der Waals surface area contributed by atoms with Gasteiger partial charge in [0, 0.05) is 25.7 Å². The van der Waals surface area contributed by atoms with E-state index in [2.05, 4.69) is 59.9 Å². The average molecular weight is 326 g/mol. The van der Waals surface area contributed by atoms with E-state index in [-0.39, 0.29) is 11.4 Å². The molecule has 128 valence electrons. The fourth-order valence-corrected chi connectivity index (χ4v) is 2.59. The van der Waals surface area contributed by atoms with Gasteiger partial charge in [0.15, 0.2) is 0 Å². The summed E-state index contributed by atoms with van der Waals surface area (Å²) in [7, 11) is 0. The number of nitrogens with two attached hydrogens (primary N) is 1. The third kappa shape index (κ3) is 5.65. The van der Waals surface area contributed by atoms with Crippen molar-refractivity contribution in [2.45, 2.75) is 40.2 Å². The second kappa shape index (κ2) is 7.90. The van der Waals surface area contributed by atoms with E-state index in [1.54, 1.807) is 6.20 Å². The minimum atomic E-state index is 0.129. The van der Waals surface area contributed by atoms with Crippen molar-refractivity contribution < 1.29 is 4.79 Å². The van der Waals surface area contributed by atoms with E-state index in [4.69, 9.17) is 5.73 Å². The number of nitrogen functional groups attached to an aromatic ring is 1. The monoisotopic (exact) mass is 326 g/mol. The van der Waals surface area contributed by atoms with Crippen LogP contribution in [-0.2, 0) is 17.8 Å². The van der Waals surface area contributed by atoms with Gasteiger partial charge < -0.3 is 15.4 Å². The number of aryl methyl sites for hydroxylation is 1. The highest BCUT2D eigenvalue weighted by molar-refractivity contribution is 5.50. The number of benzene rings is 1. The van der Waals surface area contributed by atoms with Gasteiger partial charge in [-0.3, -0.25) is 0 Å². The first-order valence-corrected chi connectivity index (χ1v) is 8.22. The number of carbonyl (C=O) groups excluding carboxylic acids is 1. The Morgan fingerprint density at radius 1 is 1.12 bits per heavy atom. The van der Waals surface area contributed by atoms with Gasteiger partial charge in [-0.05, 0) is 29.0 Å². The van der Waals surface area contributed by atoms with Gasteiger partial charge in [0.2, 0.25) is 5.95 Å². The number of hydrogen-bond acceptors (Lipinski definition) is 5. The average Bonchev–Trinajstić information content (AvgIpc) is 2.52. The van der Waals surface area contributed by atoms with Gasteiger partial charge in [-0.2, -0.15) is 4.98 Å². The van der Waals surface area contributed by atoms with Crippen LogP contribution in [0.25, 0.3) is 0 Å². The molecule has 0 spiro atoms. The lowest BCUT2D eigenvalue weighted by Crippen LogP contribution is -2.33. The summed E-state index contributed by atoms with van der Waals surface area (Å²) in [6.07, 6.45) is 4.00. The lowest BCUT2D eigenvalue weighted by Gasteiger charge is -2.31. The Morgan fingerprint density at radius 2 is 1.79 bits per heavy atom. The van der Waals surface area contributed by atoms with Crippen LogP contribution < -0.4 is 10.6 Å². The second-order valence-electron chi connectivity index (χ2n) is 7.21. The van der Waals surface area contributed by atoms with E-state index in [0.717, 1.165) is 31.6 Å². The Morgan fingerprint density at radius 3 is 2.38 bits per heavy atom. The summed E-state index contributed by atoms with van der Waals surface area (Å²) in [5.74, 6) is 1.12. The minimum absolute atomic E-state index is 0.129. The molecule has 0 radical (unpaired) electrons. The Bertz CT molecular complexity index is 662. The van der Waals surface area contributed by atoms with Crippen molar-refractivity contribution in [1.82, 2.24) is 9.97 Å². The van der Waals surface area contributed by atoms with Crippen LogP contribution in [0.5, 0.6) is 0 Å². The molecule has 2 N–H and O–H groups in total. The molecule has 0 aliphatic heterocycles. The number of aldehydes is 1. The standard InChI is InChI=1S/C19H26N4O/c1-19(2,3)14-23(17-10-11-21-18(20)22-17)13-16-8-6-15(7-9-16)5-4-12-24/h6-12H,4-5,13-14H2,1-3H3,(H2,20,21,22). The Labute approximate surface area is 143 Å². The summed E-state index contributed by atoms with van der Waals surface area (Å²) in [5.41, 5.74) is 8.25. The maximum Gasteiger partial charge on any atom is 0.221 e. The number of hydrogen-bond donors (Lipinski definition) is 1. The molecule has 1 aromatic heterocycles. The van der Waals surface area contributed by atoms with E-state index in [1.165, 1.54) is 11.1 Å². The number of rotatable bonds is 7. The zero-order valence-electron chi connectivity index (χ0n) is 14.7. The molecule has 1 aromatic carbocycles. The molecular formula is C19H26N4O. The summed E-state index contributed by atoms with van der Waals surface area (Å²) >= 11 is 0. The maximum atomic E-state index is 10.5. The second-order valence-corrected chi connectivity index (χ2v) is 7.21. The topological polar surface area (TPSA) is 72.1 Å². The normalized spacial score (nSPS) is 11.3. The quantitative estimate of drug-likeness (QED) is 0.791. The van der Waals surface area contributed by atoms with Gasteiger partial charge in [-0.1, -0.05) is 45.0 Å². The molecule has 5 heteroatoms. The molecule has 0 saturated heterocycles. The fraction of sp³-hybridized carbons (Fsp3) is 0.421. The van der Waals surface area contributed by atoms with Crippen molar-refractivity contribution in [3.8, 4) is 0 Å². The Balaban J connectivity index is 2.17. The lowest BCUT2D eigenvalue weighted by molar-refractivity contribution is -0.107. The van der Waals surface area contributed by atoms with Crippen LogP contribution in [0.1, 0.15) is 38.3 Å². The molecule has 0 atom stereocenters. The molecule has 0 aliphatic carbocycles. The summed E-state index contributed by atoms with van der Waals surface area (Å²) in [6.45, 7) is 8.21. The smallest absolute Gasteiger partial charge is 0.221 e. The number of nitrogens with zero attached hydrogens (tertiary/aromatic N) is 3. The number of carbonyl (C=O) groups is 1. The van der Waals surface area contributed by atoms with Crippen LogP contribution in [0, 0.1) is 5.41 Å². The van der Waals surface area contributed by atoms with Crippen molar-refractivity contribution in [2.24, 2.45) is 5.41 Å². The van der Waals surface area contributed by atoms with Crippen LogP contribution in [0.3, 0.4) is 0 Å². The molecule has 2 rings (SSSR count). The van der Waals surface area contributed by atoms with E-state index in [1.807, 2.05) is 6.07 Å². The van der Waals surface area contributed by atoms with Crippen LogP contribution in [0.4, 0.5) is 11.8 Å². The zero-order chi connectivity index (χ0) is 17.6. The van der Waals surface area contributed by atoms with Gasteiger partial charge in [0.05, 0.1) is 0 Å². The van der Waals surface area contributed by atoms with Crippen molar-refractivity contribution in [2.75, 3.05) is 17.2 Å². The molecule has 5 nitrogen and oxygen atoms in total. The molecule has 24 heavy (non-hydrogen) atoms. The highest BCUT2D eigenvalue weighted by atomic mass is 16.1. The van der Waals surface area contributed by atoms with Crippen LogP contribution in [-0.4, -0.2) is 22.8 Å². The zero-order valence-corrected chi connectivity index (χ0v) is 14.7. The highest BCUT2D eigenvalue weighted by Crippen LogP contribution is 2.22. The maximum absolute atomic E-state index is 10.5. The van der Waals surface area contributed by atoms with Crippen LogP contribution in [0.2, 0.25) is 0 Å². The molecule has 0 amide bonds. The minimum Gasteiger partial charge on any atom is -0.368 e. The van der Waals surface area contributed by atoms with E-state index in [9.17, 15) is 4.79 Å². The summed E-state index contributed by atoms with van der Waals surface area (Å²) < 4.78 is 0. The molecule has 1 heterocycles. The first-order chi connectivity index (χ1) is 11.4. The molecular weight excluding hydrogens is 300 g/mol. The van der Waals surface area contributed by atoms with Gasteiger partial charge in [-0.25, -0.2) is 4.98 Å². The fourth-order valence-electron chi connectivity index (χ4n) is 2.59. The van der Waals surface area contributed by atoms with Gasteiger partial charge in [0.25, 0.3) is 0 Å². The summed E-state index contributed by atoms with van der Waals surface area (Å²) in [4.78, 5) is 21.0. The number of aromatic nitrogens is 2. The van der Waals surface area contributed by atoms with Gasteiger partial charge >= 0.3 is 0 Å². The van der Waals surface area contributed by atoms with Crippen molar-refractivity contribution in [3.63, 3.8) is 0 Å². The molecule has 0 fully saturated rings. The van der Waals surface area contributed by atoms with E-state index >= 15 is 0 Å².